The average molecular weight is 1020 g/mol. The van der Waals surface area contributed by atoms with Crippen LogP contribution >= 0.6 is 0 Å². The summed E-state index contributed by atoms with van der Waals surface area (Å²) in [5.74, 6) is 1.94. The van der Waals surface area contributed by atoms with Gasteiger partial charge in [-0.05, 0) is 117 Å². The Morgan fingerprint density at radius 2 is 1.28 bits per heavy atom. The summed E-state index contributed by atoms with van der Waals surface area (Å²) in [6.07, 6.45) is 1.93. The number of para-hydroxylation sites is 4. The molecule has 12 rings (SSSR count). The number of fused-ring (bicyclic) bond motifs is 7. The van der Waals surface area contributed by atoms with Gasteiger partial charge in [-0.2, -0.15) is 0 Å². The summed E-state index contributed by atoms with van der Waals surface area (Å²) >= 11 is 0. The van der Waals surface area contributed by atoms with Crippen LogP contribution in [0.3, 0.4) is 0 Å². The molecule has 0 atom stereocenters. The Hall–Kier alpha value is -7.33. The van der Waals surface area contributed by atoms with Gasteiger partial charge in [0.1, 0.15) is 11.6 Å². The molecule has 0 aliphatic carbocycles. The van der Waals surface area contributed by atoms with Crippen LogP contribution < -0.4 is 4.98 Å². The van der Waals surface area contributed by atoms with E-state index in [4.69, 9.17) is 15.0 Å². The van der Waals surface area contributed by atoms with E-state index in [2.05, 4.69) is 219 Å². The summed E-state index contributed by atoms with van der Waals surface area (Å²) in [6.45, 7) is 9.02. The van der Waals surface area contributed by atoms with Crippen molar-refractivity contribution >= 4 is 54.6 Å². The summed E-state index contributed by atoms with van der Waals surface area (Å²) in [4.78, 5) is 15.9. The van der Waals surface area contributed by atoms with Gasteiger partial charge in [-0.15, -0.1) is 34.8 Å². The van der Waals surface area contributed by atoms with Crippen molar-refractivity contribution in [1.82, 2.24) is 24.1 Å². The molecule has 0 bridgehead atoms. The van der Waals surface area contributed by atoms with Gasteiger partial charge in [0.15, 0.2) is 0 Å². The second kappa shape index (κ2) is 16.0. The number of aryl methyl sites for hydroxylation is 2. The maximum Gasteiger partial charge on any atom is 2.00 e. The van der Waals surface area contributed by atoms with Crippen LogP contribution in [0.2, 0.25) is 0 Å². The number of rotatable bonds is 7. The predicted octanol–water partition coefficient (Wildman–Crippen LogP) is 15.0. The minimum Gasteiger partial charge on any atom is -0.656 e. The summed E-state index contributed by atoms with van der Waals surface area (Å²) in [7, 11) is 0. The first-order chi connectivity index (χ1) is 31.4. The van der Waals surface area contributed by atoms with Gasteiger partial charge in [0.05, 0.1) is 11.0 Å². The van der Waals surface area contributed by atoms with Crippen molar-refractivity contribution in [2.24, 2.45) is 0 Å². The van der Waals surface area contributed by atoms with E-state index in [1.807, 2.05) is 6.20 Å². The molecule has 6 heteroatoms. The minimum absolute atomic E-state index is 0. The molecule has 314 valence electrons. The van der Waals surface area contributed by atoms with Gasteiger partial charge >= 0.3 is 21.1 Å². The molecule has 5 nitrogen and oxygen atoms in total. The fraction of sp³-hybridized carbons (Fsp3) is 0.0847. The number of nitrogens with zero attached hydrogens (tertiary/aromatic N) is 5. The van der Waals surface area contributed by atoms with Crippen molar-refractivity contribution < 1.29 is 21.1 Å². The van der Waals surface area contributed by atoms with Crippen LogP contribution in [0.5, 0.6) is 0 Å². The van der Waals surface area contributed by atoms with Gasteiger partial charge < -0.3 is 9.55 Å². The number of aromatic nitrogens is 5. The molecule has 0 unspecified atom stereocenters. The van der Waals surface area contributed by atoms with Crippen molar-refractivity contribution in [3.63, 3.8) is 0 Å². The van der Waals surface area contributed by atoms with E-state index in [0.717, 1.165) is 94.4 Å². The molecular formula is C59H43N5Pt. The average Bonchev–Trinajstić information content (AvgIpc) is 4.02. The molecule has 4 heterocycles. The van der Waals surface area contributed by atoms with Gasteiger partial charge in [-0.3, -0.25) is 4.57 Å². The minimum atomic E-state index is 0. The molecule has 12 aromatic rings. The first-order valence-electron chi connectivity index (χ1n) is 22.1. The number of pyridine rings is 1. The van der Waals surface area contributed by atoms with Gasteiger partial charge in [-0.25, -0.2) is 9.97 Å². The van der Waals surface area contributed by atoms with Crippen molar-refractivity contribution in [2.45, 2.75) is 33.6 Å². The molecule has 0 aliphatic rings. The van der Waals surface area contributed by atoms with Gasteiger partial charge in [0.25, 0.3) is 0 Å². The molecular weight excluding hydrogens is 974 g/mol. The molecule has 0 N–H and O–H groups in total. The molecule has 0 saturated carbocycles. The smallest absolute Gasteiger partial charge is 0.656 e. The van der Waals surface area contributed by atoms with E-state index >= 15 is 0 Å². The number of benzene rings is 8. The van der Waals surface area contributed by atoms with Crippen LogP contribution in [0.1, 0.15) is 36.5 Å². The molecule has 0 fully saturated rings. The summed E-state index contributed by atoms with van der Waals surface area (Å²) in [6, 6.07) is 66.6. The largest absolute Gasteiger partial charge is 2.00 e. The third-order valence-corrected chi connectivity index (χ3v) is 13.0. The van der Waals surface area contributed by atoms with Crippen LogP contribution in [-0.4, -0.2) is 19.1 Å². The number of imidazole rings is 1. The zero-order chi connectivity index (χ0) is 43.1. The van der Waals surface area contributed by atoms with Crippen molar-refractivity contribution in [1.29, 1.82) is 0 Å². The standard InChI is InChI=1S/C59H43N5.Pt/c1-36(2)49-32-42(55-37(3)16-13-17-38(55)4)33-50-46-29-28-41(34-53(46)64(58(49)50)54-35-40(30-31-60-54)39-18-7-5-8-19-39)44-23-15-27-52-57(44)62-59(63(52)43-20-9-6-10-21-43)48-25-14-24-47-45-22-11-12-26-51(45)61-56(47)48;/h5-33,35-36H,1-4H3;/q-2;+2. The van der Waals surface area contributed by atoms with Crippen LogP contribution in [0.4, 0.5) is 0 Å². The normalized spacial score (nSPS) is 11.7. The van der Waals surface area contributed by atoms with Crippen LogP contribution in [0.25, 0.3) is 111 Å². The van der Waals surface area contributed by atoms with Gasteiger partial charge in [0, 0.05) is 23.0 Å². The Bertz CT molecular complexity index is 3760. The first kappa shape index (κ1) is 40.4. The van der Waals surface area contributed by atoms with Crippen molar-refractivity contribution in [2.75, 3.05) is 0 Å². The van der Waals surface area contributed by atoms with E-state index in [1.54, 1.807) is 0 Å². The summed E-state index contributed by atoms with van der Waals surface area (Å²) < 4.78 is 4.64. The van der Waals surface area contributed by atoms with Crippen molar-refractivity contribution in [3.05, 3.63) is 205 Å². The Morgan fingerprint density at radius 1 is 0.569 bits per heavy atom. The molecule has 8 aromatic carbocycles. The third kappa shape index (κ3) is 6.56. The zero-order valence-electron chi connectivity index (χ0n) is 36.5. The first-order valence-corrected chi connectivity index (χ1v) is 22.1. The molecule has 0 saturated heterocycles. The number of hydrogen-bond donors (Lipinski definition) is 0. The summed E-state index contributed by atoms with van der Waals surface area (Å²) in [5, 5.41) is 4.58. The van der Waals surface area contributed by atoms with Crippen LogP contribution in [0.15, 0.2) is 182 Å². The van der Waals surface area contributed by atoms with E-state index in [1.165, 1.54) is 33.2 Å². The third-order valence-electron chi connectivity index (χ3n) is 13.0. The topological polar surface area (TPSA) is 49.7 Å². The van der Waals surface area contributed by atoms with Crippen molar-refractivity contribution in [3.8, 4) is 56.3 Å². The molecule has 0 spiro atoms. The Morgan fingerprint density at radius 3 is 2.08 bits per heavy atom. The Labute approximate surface area is 392 Å². The Kier molecular flexibility index (Phi) is 9.97. The molecule has 0 radical (unpaired) electrons. The van der Waals surface area contributed by atoms with E-state index in [9.17, 15) is 0 Å². The zero-order valence-corrected chi connectivity index (χ0v) is 38.7. The van der Waals surface area contributed by atoms with E-state index < -0.39 is 0 Å². The predicted molar refractivity (Wildman–Crippen MR) is 266 cm³/mol. The quantitative estimate of drug-likeness (QED) is 0.150. The second-order valence-corrected chi connectivity index (χ2v) is 17.2. The fourth-order valence-corrected chi connectivity index (χ4v) is 10.0. The summed E-state index contributed by atoms with van der Waals surface area (Å²) in [5.41, 5.74) is 18.5. The monoisotopic (exact) mass is 1020 g/mol. The maximum absolute atomic E-state index is 5.59. The fourth-order valence-electron chi connectivity index (χ4n) is 10.0. The van der Waals surface area contributed by atoms with Gasteiger partial charge in [0.2, 0.25) is 0 Å². The Balaban J connectivity index is 0.00000469. The molecule has 0 amide bonds. The SMILES string of the molecule is Cc1cccc(C)c1-c1cc(C(C)C)c2c(c1)c1ccc(-c3cccc4c3nc(-c3cccc5c3[n-]c3ccccc35)n4-c3ccccc3)[c-]c1n2-c1cc(-c2ccccc2)ccn1.[Pt+2]. The van der Waals surface area contributed by atoms with E-state index in [0.29, 0.717) is 0 Å². The number of hydrogen-bond acceptors (Lipinski definition) is 2. The molecule has 0 aliphatic heterocycles. The van der Waals surface area contributed by atoms with Gasteiger partial charge in [-0.1, -0.05) is 152 Å². The second-order valence-electron chi connectivity index (χ2n) is 17.2. The molecule has 65 heavy (non-hydrogen) atoms. The van der Waals surface area contributed by atoms with Crippen LogP contribution in [0, 0.1) is 19.9 Å². The van der Waals surface area contributed by atoms with Crippen LogP contribution in [-0.2, 0) is 21.1 Å². The molecule has 4 aromatic heterocycles. The maximum atomic E-state index is 5.59. The van der Waals surface area contributed by atoms with E-state index in [-0.39, 0.29) is 27.0 Å².